The molecule has 0 amide bonds. The summed E-state index contributed by atoms with van der Waals surface area (Å²) in [4.78, 5) is 6.71. The number of aromatic nitrogens is 5. The van der Waals surface area contributed by atoms with Crippen molar-refractivity contribution in [1.82, 2.24) is 30.7 Å². The fraction of sp³-hybridized carbons (Fsp3) is 0.385. The average Bonchev–Trinajstić information content (AvgIpc) is 3.24. The van der Waals surface area contributed by atoms with Gasteiger partial charge in [-0.25, -0.2) is 4.98 Å². The lowest BCUT2D eigenvalue weighted by atomic mass is 9.79. The van der Waals surface area contributed by atoms with Crippen LogP contribution in [0.25, 0.3) is 33.3 Å². The van der Waals surface area contributed by atoms with Gasteiger partial charge in [-0.05, 0) is 75.9 Å². The Bertz CT molecular complexity index is 1310. The van der Waals surface area contributed by atoms with Crippen molar-refractivity contribution in [2.24, 2.45) is 0 Å². The summed E-state index contributed by atoms with van der Waals surface area (Å²) in [6, 6.07) is 11.9. The number of nitrogens with zero attached hydrogens (tertiary/aromatic N) is 5. The molecule has 176 valence electrons. The van der Waals surface area contributed by atoms with E-state index in [9.17, 15) is 5.11 Å². The van der Waals surface area contributed by atoms with Gasteiger partial charge in [-0.3, -0.25) is 5.10 Å². The molecule has 1 fully saturated rings. The fourth-order valence-electron chi connectivity index (χ4n) is 5.31. The van der Waals surface area contributed by atoms with Crippen LogP contribution in [0.1, 0.15) is 40.5 Å². The number of hydrogen-bond acceptors (Lipinski definition) is 7. The van der Waals surface area contributed by atoms with Crippen molar-refractivity contribution in [1.29, 1.82) is 0 Å². The number of phenolic OH excluding ortho intramolecular Hbond substituents is 1. The minimum Gasteiger partial charge on any atom is -0.507 e. The zero-order valence-corrected chi connectivity index (χ0v) is 20.3. The molecule has 2 aromatic carbocycles. The monoisotopic (exact) mass is 457 g/mol. The number of fused-ring (bicyclic) bond motifs is 1. The second-order valence-electron chi connectivity index (χ2n) is 10.6. The van der Waals surface area contributed by atoms with E-state index in [1.165, 1.54) is 0 Å². The Balaban J connectivity index is 1.37. The molecule has 4 aromatic rings. The first-order chi connectivity index (χ1) is 16.1. The predicted octanol–water partition coefficient (Wildman–Crippen LogP) is 4.53. The number of rotatable bonds is 4. The van der Waals surface area contributed by atoms with Crippen molar-refractivity contribution in [3.8, 4) is 28.1 Å². The largest absolute Gasteiger partial charge is 0.507 e. The smallest absolute Gasteiger partial charge is 0.245 e. The number of anilines is 1. The lowest BCUT2D eigenvalue weighted by Crippen LogP contribution is -2.62. The van der Waals surface area contributed by atoms with Crippen LogP contribution in [0, 0.1) is 0 Å². The molecule has 8 nitrogen and oxygen atoms in total. The van der Waals surface area contributed by atoms with Crippen molar-refractivity contribution in [3.05, 3.63) is 48.8 Å². The van der Waals surface area contributed by atoms with Gasteiger partial charge >= 0.3 is 0 Å². The van der Waals surface area contributed by atoms with Gasteiger partial charge in [-0.1, -0.05) is 12.1 Å². The highest BCUT2D eigenvalue weighted by atomic mass is 16.3. The summed E-state index contributed by atoms with van der Waals surface area (Å²) < 4.78 is 0. The van der Waals surface area contributed by atoms with Crippen LogP contribution in [0.5, 0.6) is 5.75 Å². The van der Waals surface area contributed by atoms with Crippen LogP contribution >= 0.6 is 0 Å². The Labute approximate surface area is 199 Å². The minimum absolute atomic E-state index is 0.0315. The maximum atomic E-state index is 10.7. The van der Waals surface area contributed by atoms with Gasteiger partial charge in [0.05, 0.1) is 17.9 Å². The second-order valence-corrected chi connectivity index (χ2v) is 10.6. The Kier molecular flexibility index (Phi) is 5.28. The molecular formula is C26H31N7O. The third kappa shape index (κ3) is 4.33. The molecule has 0 aliphatic carbocycles. The zero-order chi connectivity index (χ0) is 24.1. The molecule has 34 heavy (non-hydrogen) atoms. The standard InChI is InChI=1S/C26H31N7O/c1-25(2)12-19(13-26(3,4)32-25)33(5)24-27-15-22(30-31-24)20-8-6-17(11-23(20)34)16-7-9-21-18(10-16)14-28-29-21/h6-11,14-15,19,32,34H,12-13H2,1-5H3,(H,28,29). The van der Waals surface area contributed by atoms with Gasteiger partial charge in [-0.2, -0.15) is 5.10 Å². The highest BCUT2D eigenvalue weighted by Crippen LogP contribution is 2.34. The number of phenols is 1. The van der Waals surface area contributed by atoms with Gasteiger partial charge in [0.15, 0.2) is 0 Å². The molecule has 8 heteroatoms. The van der Waals surface area contributed by atoms with E-state index in [4.69, 9.17) is 0 Å². The van der Waals surface area contributed by atoms with E-state index in [1.807, 2.05) is 37.4 Å². The maximum Gasteiger partial charge on any atom is 0.245 e. The van der Waals surface area contributed by atoms with Crippen LogP contribution in [-0.4, -0.2) is 54.7 Å². The third-order valence-electron chi connectivity index (χ3n) is 6.63. The molecule has 1 aliphatic rings. The Hall–Kier alpha value is -3.52. The number of hydrogen-bond donors (Lipinski definition) is 3. The van der Waals surface area contributed by atoms with Crippen molar-refractivity contribution in [2.45, 2.75) is 57.7 Å². The Morgan fingerprint density at radius 3 is 2.32 bits per heavy atom. The van der Waals surface area contributed by atoms with Crippen molar-refractivity contribution >= 4 is 16.9 Å². The van der Waals surface area contributed by atoms with Crippen LogP contribution in [0.15, 0.2) is 48.8 Å². The first-order valence-electron chi connectivity index (χ1n) is 11.6. The van der Waals surface area contributed by atoms with E-state index in [0.717, 1.165) is 34.9 Å². The molecule has 0 bridgehead atoms. The number of H-pyrrole nitrogens is 1. The van der Waals surface area contributed by atoms with Crippen LogP contribution in [0.2, 0.25) is 0 Å². The first-order valence-corrected chi connectivity index (χ1v) is 11.6. The maximum absolute atomic E-state index is 10.7. The molecule has 1 saturated heterocycles. The number of piperidine rings is 1. The minimum atomic E-state index is 0.0315. The van der Waals surface area contributed by atoms with Crippen LogP contribution in [-0.2, 0) is 0 Å². The molecule has 3 heterocycles. The molecule has 0 radical (unpaired) electrons. The van der Waals surface area contributed by atoms with Gasteiger partial charge in [0.2, 0.25) is 5.95 Å². The SMILES string of the molecule is CN(c1ncc(-c2ccc(-c3ccc4[nH]ncc4c3)cc2O)nn1)C1CC(C)(C)NC(C)(C)C1. The molecule has 1 aliphatic heterocycles. The average molecular weight is 458 g/mol. The molecule has 2 aromatic heterocycles. The number of aromatic hydroxyl groups is 1. The van der Waals surface area contributed by atoms with E-state index in [-0.39, 0.29) is 16.8 Å². The molecule has 0 spiro atoms. The van der Waals surface area contributed by atoms with Crippen molar-refractivity contribution < 1.29 is 5.11 Å². The fourth-order valence-corrected chi connectivity index (χ4v) is 5.31. The molecular weight excluding hydrogens is 426 g/mol. The summed E-state index contributed by atoms with van der Waals surface area (Å²) in [7, 11) is 2.03. The topological polar surface area (TPSA) is 103 Å². The van der Waals surface area contributed by atoms with Crippen LogP contribution in [0.3, 0.4) is 0 Å². The highest BCUT2D eigenvalue weighted by molar-refractivity contribution is 5.85. The summed E-state index contributed by atoms with van der Waals surface area (Å²) >= 11 is 0. The second kappa shape index (κ2) is 8.06. The molecule has 0 atom stereocenters. The predicted molar refractivity (Wildman–Crippen MR) is 135 cm³/mol. The normalized spacial score (nSPS) is 17.7. The van der Waals surface area contributed by atoms with E-state index in [0.29, 0.717) is 23.2 Å². The molecule has 0 unspecified atom stereocenters. The quantitative estimate of drug-likeness (QED) is 0.414. The summed E-state index contributed by atoms with van der Waals surface area (Å²) in [6.45, 7) is 8.93. The van der Waals surface area contributed by atoms with E-state index < -0.39 is 0 Å². The van der Waals surface area contributed by atoms with Crippen molar-refractivity contribution in [2.75, 3.05) is 11.9 Å². The van der Waals surface area contributed by atoms with Crippen LogP contribution < -0.4 is 10.2 Å². The molecule has 5 rings (SSSR count). The van der Waals surface area contributed by atoms with Crippen LogP contribution in [0.4, 0.5) is 5.95 Å². The summed E-state index contributed by atoms with van der Waals surface area (Å²) in [5, 5.41) is 31.3. The summed E-state index contributed by atoms with van der Waals surface area (Å²) in [5.74, 6) is 0.732. The van der Waals surface area contributed by atoms with Gasteiger partial charge in [0.25, 0.3) is 0 Å². The first kappa shape index (κ1) is 22.3. The van der Waals surface area contributed by atoms with Gasteiger partial charge in [0.1, 0.15) is 11.4 Å². The Morgan fingerprint density at radius 2 is 1.65 bits per heavy atom. The van der Waals surface area contributed by atoms with Crippen molar-refractivity contribution in [3.63, 3.8) is 0 Å². The third-order valence-corrected chi connectivity index (χ3v) is 6.63. The summed E-state index contributed by atoms with van der Waals surface area (Å²) in [5.41, 5.74) is 4.10. The number of aromatic amines is 1. The van der Waals surface area contributed by atoms with Gasteiger partial charge in [-0.15, -0.1) is 10.2 Å². The summed E-state index contributed by atoms with van der Waals surface area (Å²) in [6.07, 6.45) is 5.46. The molecule has 0 saturated carbocycles. The van der Waals surface area contributed by atoms with Gasteiger partial charge in [0, 0.05) is 35.1 Å². The number of nitrogens with one attached hydrogen (secondary N) is 2. The lowest BCUT2D eigenvalue weighted by molar-refractivity contribution is 0.160. The van der Waals surface area contributed by atoms with E-state index in [1.54, 1.807) is 18.5 Å². The lowest BCUT2D eigenvalue weighted by Gasteiger charge is -2.48. The molecule has 3 N–H and O–H groups in total. The highest BCUT2D eigenvalue weighted by Gasteiger charge is 2.39. The Morgan fingerprint density at radius 1 is 0.941 bits per heavy atom. The van der Waals surface area contributed by atoms with E-state index >= 15 is 0 Å². The number of benzene rings is 2. The zero-order valence-electron chi connectivity index (χ0n) is 20.3. The van der Waals surface area contributed by atoms with Gasteiger partial charge < -0.3 is 15.3 Å². The van der Waals surface area contributed by atoms with E-state index in [2.05, 4.69) is 63.3 Å².